The number of carbonyl (C=O) groups is 2. The number of nitrogens with zero attached hydrogens (tertiary/aromatic N) is 1. The molecule has 11 heavy (non-hydrogen) atoms. The maximum atomic E-state index is 9.45. The predicted octanol–water partition coefficient (Wildman–Crippen LogP) is -3.02. The van der Waals surface area contributed by atoms with Crippen LogP contribution in [0.4, 0.5) is 0 Å². The molecule has 0 spiro atoms. The first-order valence-electron chi connectivity index (χ1n) is 2.35. The molecule has 0 aliphatic heterocycles. The zero-order valence-electron chi connectivity index (χ0n) is 7.74. The first kappa shape index (κ1) is 17.4. The van der Waals surface area contributed by atoms with Crippen molar-refractivity contribution in [3.8, 4) is 0 Å². The van der Waals surface area contributed by atoms with Crippen LogP contribution in [0, 0.1) is 0 Å². The van der Waals surface area contributed by atoms with Gasteiger partial charge in [0.05, 0.1) is 0 Å². The average molecular weight is 187 g/mol. The molecule has 0 aliphatic carbocycles. The van der Waals surface area contributed by atoms with Gasteiger partial charge in [-0.25, -0.2) is 4.79 Å². The van der Waals surface area contributed by atoms with E-state index in [0.717, 1.165) is 13.1 Å². The number of rotatable bonds is 1. The van der Waals surface area contributed by atoms with Crippen molar-refractivity contribution in [2.24, 2.45) is 4.99 Å². The number of carboxylic acids is 2. The van der Waals surface area contributed by atoms with Crippen molar-refractivity contribution >= 4 is 18.2 Å². The molecule has 0 saturated carbocycles. The van der Waals surface area contributed by atoms with Gasteiger partial charge in [-0.2, -0.15) is 0 Å². The third-order valence-electron chi connectivity index (χ3n) is 0.240. The van der Waals surface area contributed by atoms with Crippen LogP contribution in [-0.4, -0.2) is 35.4 Å². The fourth-order valence-corrected chi connectivity index (χ4v) is 0.110. The second-order valence-corrected chi connectivity index (χ2v) is 1.24. The van der Waals surface area contributed by atoms with Gasteiger partial charge in [0, 0.05) is 14.0 Å². The Morgan fingerprint density at radius 2 is 1.73 bits per heavy atom. The molecular formula is C5H10KNO4. The molecule has 0 bridgehead atoms. The largest absolute Gasteiger partial charge is 1.00 e. The summed E-state index contributed by atoms with van der Waals surface area (Å²) in [6, 6.07) is 0. The monoisotopic (exact) mass is 187 g/mol. The SMILES string of the molecule is CC(=O)O.CN=CC(=O)O.[H-].[K+]. The smallest absolute Gasteiger partial charge is 1.00 e. The van der Waals surface area contributed by atoms with E-state index in [2.05, 4.69) is 4.99 Å². The van der Waals surface area contributed by atoms with Crippen molar-refractivity contribution in [3.05, 3.63) is 0 Å². The molecule has 0 unspecified atom stereocenters. The van der Waals surface area contributed by atoms with E-state index >= 15 is 0 Å². The second-order valence-electron chi connectivity index (χ2n) is 1.24. The maximum absolute atomic E-state index is 9.45. The van der Waals surface area contributed by atoms with Crippen LogP contribution in [-0.2, 0) is 9.59 Å². The number of aliphatic imine (C=N–C) groups is 1. The van der Waals surface area contributed by atoms with E-state index in [1.165, 1.54) is 7.05 Å². The molecule has 2 N–H and O–H groups in total. The third kappa shape index (κ3) is 66.1. The normalized spacial score (nSPS) is 7.45. The molecule has 0 heterocycles. The standard InChI is InChI=1S/C3H5NO2.C2H4O2.K.H/c1-4-2-3(5)6;1-2(3)4;;/h2H,1H3,(H,5,6);1H3,(H,3,4);;/q;;+1;-1. The minimum atomic E-state index is -1.00. The van der Waals surface area contributed by atoms with Gasteiger partial charge in [-0.1, -0.05) is 0 Å². The molecule has 0 atom stereocenters. The molecule has 0 radical (unpaired) electrons. The molecule has 0 aromatic rings. The molecule has 0 amide bonds. The van der Waals surface area contributed by atoms with Crippen molar-refractivity contribution in [3.63, 3.8) is 0 Å². The van der Waals surface area contributed by atoms with Gasteiger partial charge in [0.2, 0.25) is 0 Å². The predicted molar refractivity (Wildman–Crippen MR) is 36.5 cm³/mol. The average Bonchev–Trinajstić information content (AvgIpc) is 1.62. The van der Waals surface area contributed by atoms with Crippen LogP contribution in [0.1, 0.15) is 8.35 Å². The summed E-state index contributed by atoms with van der Waals surface area (Å²) < 4.78 is 0. The van der Waals surface area contributed by atoms with E-state index < -0.39 is 11.9 Å². The number of carboxylic acid groups (broad SMARTS) is 2. The first-order chi connectivity index (χ1) is 4.50. The molecule has 0 aromatic heterocycles. The fraction of sp³-hybridized carbons (Fsp3) is 0.400. The summed E-state index contributed by atoms with van der Waals surface area (Å²) in [6.45, 7) is 1.08. The Morgan fingerprint density at radius 1 is 1.45 bits per heavy atom. The Morgan fingerprint density at radius 3 is 1.73 bits per heavy atom. The zero-order chi connectivity index (χ0) is 8.57. The number of aliphatic carboxylic acids is 2. The van der Waals surface area contributed by atoms with Crippen LogP contribution in [0.25, 0.3) is 0 Å². The van der Waals surface area contributed by atoms with Gasteiger partial charge < -0.3 is 11.6 Å². The quantitative estimate of drug-likeness (QED) is 0.338. The van der Waals surface area contributed by atoms with E-state index in [1.807, 2.05) is 0 Å². The van der Waals surface area contributed by atoms with Gasteiger partial charge in [0.1, 0.15) is 6.21 Å². The van der Waals surface area contributed by atoms with Crippen LogP contribution in [0.2, 0.25) is 0 Å². The van der Waals surface area contributed by atoms with Crippen LogP contribution in [0.15, 0.2) is 4.99 Å². The molecule has 0 aliphatic rings. The van der Waals surface area contributed by atoms with Crippen molar-refractivity contribution in [1.29, 1.82) is 0 Å². The van der Waals surface area contributed by atoms with E-state index in [0.29, 0.717) is 0 Å². The summed E-state index contributed by atoms with van der Waals surface area (Å²) in [6.07, 6.45) is 0.833. The second kappa shape index (κ2) is 12.9. The molecular weight excluding hydrogens is 177 g/mol. The Hall–Kier alpha value is 0.246. The summed E-state index contributed by atoms with van der Waals surface area (Å²) in [5.74, 6) is -1.84. The molecule has 6 heteroatoms. The van der Waals surface area contributed by atoms with Crippen molar-refractivity contribution in [2.45, 2.75) is 6.92 Å². The van der Waals surface area contributed by atoms with Gasteiger partial charge in [0.25, 0.3) is 5.97 Å². The topological polar surface area (TPSA) is 87.0 Å². The van der Waals surface area contributed by atoms with Crippen molar-refractivity contribution < 1.29 is 72.6 Å². The van der Waals surface area contributed by atoms with Gasteiger partial charge in [-0.05, 0) is 0 Å². The van der Waals surface area contributed by atoms with Gasteiger partial charge in [-0.3, -0.25) is 9.79 Å². The Labute approximate surface area is 108 Å². The minimum absolute atomic E-state index is 0. The Balaban J connectivity index is -0.0000000483. The number of hydrogen-bond acceptors (Lipinski definition) is 3. The van der Waals surface area contributed by atoms with Crippen LogP contribution < -0.4 is 51.4 Å². The zero-order valence-corrected chi connectivity index (χ0v) is 9.86. The van der Waals surface area contributed by atoms with E-state index in [4.69, 9.17) is 15.0 Å². The molecule has 60 valence electrons. The van der Waals surface area contributed by atoms with Gasteiger partial charge >= 0.3 is 57.4 Å². The van der Waals surface area contributed by atoms with Crippen LogP contribution >= 0.6 is 0 Å². The molecule has 0 aromatic carbocycles. The van der Waals surface area contributed by atoms with Crippen LogP contribution in [0.3, 0.4) is 0 Å². The molecule has 5 nitrogen and oxygen atoms in total. The minimum Gasteiger partial charge on any atom is -1.00 e. The van der Waals surface area contributed by atoms with Crippen LogP contribution in [0.5, 0.6) is 0 Å². The van der Waals surface area contributed by atoms with E-state index in [-0.39, 0.29) is 52.8 Å². The van der Waals surface area contributed by atoms with E-state index in [1.54, 1.807) is 0 Å². The van der Waals surface area contributed by atoms with Gasteiger partial charge in [0.15, 0.2) is 0 Å². The third-order valence-corrected chi connectivity index (χ3v) is 0.240. The van der Waals surface area contributed by atoms with Crippen molar-refractivity contribution in [2.75, 3.05) is 7.05 Å². The summed E-state index contributed by atoms with van der Waals surface area (Å²) in [5, 5.41) is 15.2. The van der Waals surface area contributed by atoms with E-state index in [9.17, 15) is 4.79 Å². The summed E-state index contributed by atoms with van der Waals surface area (Å²) in [7, 11) is 1.41. The Bertz CT molecular complexity index is 146. The molecule has 0 saturated heterocycles. The first-order valence-corrected chi connectivity index (χ1v) is 2.35. The summed E-state index contributed by atoms with van der Waals surface area (Å²) >= 11 is 0. The Kier molecular flexibility index (Phi) is 20.3. The van der Waals surface area contributed by atoms with Crippen molar-refractivity contribution in [1.82, 2.24) is 0 Å². The fourth-order valence-electron chi connectivity index (χ4n) is 0.110. The number of hydrogen-bond donors (Lipinski definition) is 2. The summed E-state index contributed by atoms with van der Waals surface area (Å²) in [4.78, 5) is 21.7. The molecule has 0 rings (SSSR count). The maximum Gasteiger partial charge on any atom is 1.00 e. The summed E-state index contributed by atoms with van der Waals surface area (Å²) in [5.41, 5.74) is 0. The van der Waals surface area contributed by atoms with Gasteiger partial charge in [-0.15, -0.1) is 0 Å². The molecule has 0 fully saturated rings.